The van der Waals surface area contributed by atoms with Crippen LogP contribution in [0, 0.1) is 0 Å². The number of carbonyl (C=O) groups excluding carboxylic acids is 2. The van der Waals surface area contributed by atoms with Crippen LogP contribution in [0.3, 0.4) is 0 Å². The lowest BCUT2D eigenvalue weighted by atomic mass is 10.0. The molecule has 2 aromatic carbocycles. The van der Waals surface area contributed by atoms with Gasteiger partial charge in [0.2, 0.25) is 0 Å². The van der Waals surface area contributed by atoms with Gasteiger partial charge in [0, 0.05) is 12.2 Å². The van der Waals surface area contributed by atoms with Gasteiger partial charge in [-0.3, -0.25) is 14.9 Å². The molecule has 0 atom stereocenters. The molecule has 2 aromatic rings. The van der Waals surface area contributed by atoms with E-state index in [2.05, 4.69) is 48.7 Å². The minimum Gasteiger partial charge on any atom is -0.381 e. The minimum absolute atomic E-state index is 0.323. The number of carbonyl (C=O) groups is 2. The second-order valence-electron chi connectivity index (χ2n) is 5.79. The summed E-state index contributed by atoms with van der Waals surface area (Å²) in [6.07, 6.45) is 0. The molecule has 112 valence electrons. The lowest BCUT2D eigenvalue weighted by Crippen LogP contribution is -2.19. The first-order chi connectivity index (χ1) is 10.5. The van der Waals surface area contributed by atoms with Crippen LogP contribution in [0.2, 0.25) is 0 Å². The molecule has 0 bridgehead atoms. The summed E-state index contributed by atoms with van der Waals surface area (Å²) in [6, 6.07) is 13.7. The van der Waals surface area contributed by atoms with Crippen molar-refractivity contribution in [1.29, 1.82) is 0 Å². The highest BCUT2D eigenvalue weighted by molar-refractivity contribution is 6.21. The molecule has 0 radical (unpaired) electrons. The number of anilines is 1. The van der Waals surface area contributed by atoms with Crippen molar-refractivity contribution in [1.82, 2.24) is 5.32 Å². The molecule has 0 fully saturated rings. The van der Waals surface area contributed by atoms with Gasteiger partial charge < -0.3 is 5.32 Å². The highest BCUT2D eigenvalue weighted by Crippen LogP contribution is 2.21. The van der Waals surface area contributed by atoms with E-state index in [1.165, 1.54) is 11.1 Å². The Hall–Kier alpha value is -2.62. The molecular weight excluding hydrogens is 276 g/mol. The maximum Gasteiger partial charge on any atom is 0.259 e. The van der Waals surface area contributed by atoms with Crippen molar-refractivity contribution >= 4 is 17.5 Å². The van der Waals surface area contributed by atoms with E-state index in [4.69, 9.17) is 0 Å². The Morgan fingerprint density at radius 1 is 0.955 bits per heavy atom. The Labute approximate surface area is 129 Å². The lowest BCUT2D eigenvalue weighted by molar-refractivity contribution is 0.0879. The van der Waals surface area contributed by atoms with E-state index in [-0.39, 0.29) is 11.8 Å². The summed E-state index contributed by atoms with van der Waals surface area (Å²) in [5, 5.41) is 5.58. The quantitative estimate of drug-likeness (QED) is 0.851. The Kier molecular flexibility index (Phi) is 3.67. The summed E-state index contributed by atoms with van der Waals surface area (Å²) >= 11 is 0. The van der Waals surface area contributed by atoms with E-state index < -0.39 is 0 Å². The van der Waals surface area contributed by atoms with Crippen molar-refractivity contribution in [2.75, 3.05) is 5.32 Å². The predicted octanol–water partition coefficient (Wildman–Crippen LogP) is 3.31. The summed E-state index contributed by atoms with van der Waals surface area (Å²) in [5.74, 6) is -0.129. The van der Waals surface area contributed by atoms with Crippen molar-refractivity contribution in [3.05, 3.63) is 64.7 Å². The fraction of sp³-hybridized carbons (Fsp3) is 0.222. The fourth-order valence-electron chi connectivity index (χ4n) is 2.50. The number of rotatable bonds is 4. The first-order valence-electron chi connectivity index (χ1n) is 7.37. The fourth-order valence-corrected chi connectivity index (χ4v) is 2.50. The summed E-state index contributed by atoms with van der Waals surface area (Å²) < 4.78 is 0. The van der Waals surface area contributed by atoms with E-state index in [0.29, 0.717) is 23.6 Å². The largest absolute Gasteiger partial charge is 0.381 e. The molecule has 0 unspecified atom stereocenters. The molecule has 1 heterocycles. The third-order valence-electron chi connectivity index (χ3n) is 3.88. The maximum absolute atomic E-state index is 11.6. The Balaban J connectivity index is 1.71. The monoisotopic (exact) mass is 294 g/mol. The summed E-state index contributed by atoms with van der Waals surface area (Å²) in [5.41, 5.74) is 4.19. The second kappa shape index (κ2) is 5.64. The molecule has 22 heavy (non-hydrogen) atoms. The van der Waals surface area contributed by atoms with Crippen LogP contribution in [0.1, 0.15) is 51.6 Å². The van der Waals surface area contributed by atoms with Gasteiger partial charge in [-0.1, -0.05) is 38.1 Å². The third kappa shape index (κ3) is 2.72. The maximum atomic E-state index is 11.6. The van der Waals surface area contributed by atoms with Gasteiger partial charge in [-0.2, -0.15) is 0 Å². The minimum atomic E-state index is -0.329. The van der Waals surface area contributed by atoms with Crippen molar-refractivity contribution in [3.63, 3.8) is 0 Å². The van der Waals surface area contributed by atoms with Crippen LogP contribution in [-0.4, -0.2) is 11.8 Å². The van der Waals surface area contributed by atoms with Crippen LogP contribution >= 0.6 is 0 Å². The topological polar surface area (TPSA) is 58.2 Å². The van der Waals surface area contributed by atoms with Crippen LogP contribution in [-0.2, 0) is 6.54 Å². The van der Waals surface area contributed by atoms with Gasteiger partial charge in [0.1, 0.15) is 0 Å². The highest BCUT2D eigenvalue weighted by atomic mass is 16.2. The van der Waals surface area contributed by atoms with Gasteiger partial charge in [0.05, 0.1) is 11.1 Å². The molecule has 0 spiro atoms. The van der Waals surface area contributed by atoms with Crippen molar-refractivity contribution in [2.45, 2.75) is 26.3 Å². The van der Waals surface area contributed by atoms with Crippen molar-refractivity contribution in [3.8, 4) is 0 Å². The van der Waals surface area contributed by atoms with Crippen LogP contribution in [0.15, 0.2) is 42.5 Å². The number of hydrogen-bond acceptors (Lipinski definition) is 3. The molecule has 0 aromatic heterocycles. The highest BCUT2D eigenvalue weighted by Gasteiger charge is 2.26. The van der Waals surface area contributed by atoms with Crippen molar-refractivity contribution in [2.24, 2.45) is 0 Å². The van der Waals surface area contributed by atoms with E-state index in [1.807, 2.05) is 6.07 Å². The van der Waals surface area contributed by atoms with Gasteiger partial charge in [-0.05, 0) is 35.2 Å². The first-order valence-corrected chi connectivity index (χ1v) is 7.37. The van der Waals surface area contributed by atoms with E-state index >= 15 is 0 Å². The molecule has 2 N–H and O–H groups in total. The van der Waals surface area contributed by atoms with E-state index in [9.17, 15) is 9.59 Å². The first kappa shape index (κ1) is 14.3. The van der Waals surface area contributed by atoms with Crippen LogP contribution in [0.25, 0.3) is 0 Å². The van der Waals surface area contributed by atoms with Crippen LogP contribution < -0.4 is 10.6 Å². The Morgan fingerprint density at radius 3 is 2.32 bits per heavy atom. The number of fused-ring (bicyclic) bond motifs is 1. The normalized spacial score (nSPS) is 13.2. The SMILES string of the molecule is CC(C)c1ccc(CNc2ccc3c(c2)C(=O)NC3=O)cc1. The predicted molar refractivity (Wildman–Crippen MR) is 86.1 cm³/mol. The van der Waals surface area contributed by atoms with Gasteiger partial charge in [-0.25, -0.2) is 0 Å². The molecule has 4 heteroatoms. The summed E-state index contributed by atoms with van der Waals surface area (Å²) in [4.78, 5) is 23.1. The van der Waals surface area contributed by atoms with Crippen LogP contribution in [0.5, 0.6) is 0 Å². The molecule has 0 saturated carbocycles. The number of nitrogens with one attached hydrogen (secondary N) is 2. The molecular formula is C18H18N2O2. The Bertz CT molecular complexity index is 733. The Morgan fingerprint density at radius 2 is 1.64 bits per heavy atom. The third-order valence-corrected chi connectivity index (χ3v) is 3.88. The van der Waals surface area contributed by atoms with Crippen LogP contribution in [0.4, 0.5) is 5.69 Å². The standard InChI is InChI=1S/C18H18N2O2/c1-11(2)13-5-3-12(4-6-13)10-19-14-7-8-15-16(9-14)18(22)20-17(15)21/h3-9,11,19H,10H2,1-2H3,(H,20,21,22). The zero-order valence-corrected chi connectivity index (χ0v) is 12.6. The molecule has 0 aliphatic carbocycles. The van der Waals surface area contributed by atoms with Gasteiger partial charge >= 0.3 is 0 Å². The van der Waals surface area contributed by atoms with Gasteiger partial charge in [0.15, 0.2) is 0 Å². The van der Waals surface area contributed by atoms with Gasteiger partial charge in [-0.15, -0.1) is 0 Å². The summed E-state index contributed by atoms with van der Waals surface area (Å²) in [6.45, 7) is 5.01. The van der Waals surface area contributed by atoms with Gasteiger partial charge in [0.25, 0.3) is 11.8 Å². The molecule has 0 saturated heterocycles. The van der Waals surface area contributed by atoms with E-state index in [1.54, 1.807) is 12.1 Å². The molecule has 2 amide bonds. The zero-order valence-electron chi connectivity index (χ0n) is 12.6. The van der Waals surface area contributed by atoms with Crippen molar-refractivity contribution < 1.29 is 9.59 Å². The smallest absolute Gasteiger partial charge is 0.259 e. The zero-order chi connectivity index (χ0) is 15.7. The molecule has 3 rings (SSSR count). The number of imide groups is 1. The molecule has 1 aliphatic rings. The molecule has 4 nitrogen and oxygen atoms in total. The molecule has 1 aliphatic heterocycles. The van der Waals surface area contributed by atoms with E-state index in [0.717, 1.165) is 5.69 Å². The lowest BCUT2D eigenvalue weighted by Gasteiger charge is -2.09. The number of amides is 2. The summed E-state index contributed by atoms with van der Waals surface area (Å²) in [7, 11) is 0. The average Bonchev–Trinajstić information content (AvgIpc) is 2.80. The number of hydrogen-bond donors (Lipinski definition) is 2. The average molecular weight is 294 g/mol. The number of benzene rings is 2. The second-order valence-corrected chi connectivity index (χ2v) is 5.79.